The number of carbonyl (C=O) groups excluding carboxylic acids is 1. The van der Waals surface area contributed by atoms with Gasteiger partial charge in [-0.2, -0.15) is 0 Å². The van der Waals surface area contributed by atoms with Crippen molar-refractivity contribution in [1.29, 1.82) is 0 Å². The molecule has 0 saturated carbocycles. The Kier molecular flexibility index (Phi) is 6.65. The summed E-state index contributed by atoms with van der Waals surface area (Å²) in [6.07, 6.45) is 0.662. The first-order valence-corrected chi connectivity index (χ1v) is 12.6. The molecule has 4 rings (SSSR count). The van der Waals surface area contributed by atoms with Crippen LogP contribution in [0.15, 0.2) is 47.4 Å². The summed E-state index contributed by atoms with van der Waals surface area (Å²) < 4.78 is 39.1. The van der Waals surface area contributed by atoms with Crippen LogP contribution in [0.1, 0.15) is 29.8 Å². The quantitative estimate of drug-likeness (QED) is 0.664. The molecule has 1 N–H and O–H groups in total. The normalized spacial score (nSPS) is 17.0. The largest absolute Gasteiger partial charge is 0.496 e. The molecule has 0 atom stereocenters. The van der Waals surface area contributed by atoms with Gasteiger partial charge in [-0.25, -0.2) is 8.42 Å². The SMILES string of the molecule is COc1ccc(S(=O)(=O)N2CCc3ccccc32)cc1C(=O)NCC(C)(C)N1CCOCC1. The van der Waals surface area contributed by atoms with E-state index in [4.69, 9.17) is 9.47 Å². The molecule has 0 unspecified atom stereocenters. The van der Waals surface area contributed by atoms with Crippen LogP contribution in [0, 0.1) is 0 Å². The standard InChI is InChI=1S/C24H31N3O5S/c1-24(2,26-12-14-32-15-13-26)17-25-23(28)20-16-19(8-9-22(20)31-3)33(29,30)27-11-10-18-6-4-5-7-21(18)27/h4-9,16H,10-15,17H2,1-3H3,(H,25,28). The average Bonchev–Trinajstić information content (AvgIpc) is 3.28. The van der Waals surface area contributed by atoms with Crippen molar-refractivity contribution in [2.45, 2.75) is 30.7 Å². The first-order valence-electron chi connectivity index (χ1n) is 11.1. The molecule has 33 heavy (non-hydrogen) atoms. The lowest BCUT2D eigenvalue weighted by molar-refractivity contribution is -0.00923. The van der Waals surface area contributed by atoms with E-state index in [1.54, 1.807) is 0 Å². The van der Waals surface area contributed by atoms with Gasteiger partial charge < -0.3 is 14.8 Å². The summed E-state index contributed by atoms with van der Waals surface area (Å²) in [5.41, 5.74) is 1.61. The summed E-state index contributed by atoms with van der Waals surface area (Å²) in [7, 11) is -2.35. The minimum absolute atomic E-state index is 0.0672. The molecule has 2 aliphatic heterocycles. The molecule has 1 amide bonds. The Morgan fingerprint density at radius 1 is 1.12 bits per heavy atom. The lowest BCUT2D eigenvalue weighted by atomic mass is 10.0. The highest BCUT2D eigenvalue weighted by Gasteiger charge is 2.32. The highest BCUT2D eigenvalue weighted by atomic mass is 32.2. The lowest BCUT2D eigenvalue weighted by Gasteiger charge is -2.40. The number of sulfonamides is 1. The van der Waals surface area contributed by atoms with Crippen LogP contribution in [0.4, 0.5) is 5.69 Å². The van der Waals surface area contributed by atoms with E-state index < -0.39 is 10.0 Å². The van der Waals surface area contributed by atoms with Crippen molar-refractivity contribution >= 4 is 21.6 Å². The summed E-state index contributed by atoms with van der Waals surface area (Å²) >= 11 is 0. The van der Waals surface area contributed by atoms with Gasteiger partial charge in [-0.3, -0.25) is 14.0 Å². The number of fused-ring (bicyclic) bond motifs is 1. The van der Waals surface area contributed by atoms with E-state index in [1.165, 1.54) is 29.6 Å². The molecule has 1 saturated heterocycles. The minimum Gasteiger partial charge on any atom is -0.496 e. The highest BCUT2D eigenvalue weighted by Crippen LogP contribution is 2.34. The second kappa shape index (κ2) is 9.32. The predicted molar refractivity (Wildman–Crippen MR) is 126 cm³/mol. The number of amides is 1. The van der Waals surface area contributed by atoms with Crippen molar-refractivity contribution in [2.75, 3.05) is 50.8 Å². The molecule has 0 spiro atoms. The summed E-state index contributed by atoms with van der Waals surface area (Å²) in [5.74, 6) is -0.0375. The third-order valence-corrected chi connectivity index (χ3v) is 8.21. The first kappa shape index (κ1) is 23.5. The van der Waals surface area contributed by atoms with Crippen LogP contribution in [0.2, 0.25) is 0 Å². The fraction of sp³-hybridized carbons (Fsp3) is 0.458. The zero-order chi connectivity index (χ0) is 23.6. The topological polar surface area (TPSA) is 88.2 Å². The highest BCUT2D eigenvalue weighted by molar-refractivity contribution is 7.92. The van der Waals surface area contributed by atoms with Crippen LogP contribution in [0.3, 0.4) is 0 Å². The third-order valence-electron chi connectivity index (χ3n) is 6.40. The van der Waals surface area contributed by atoms with Crippen molar-refractivity contribution < 1.29 is 22.7 Å². The summed E-state index contributed by atoms with van der Waals surface area (Å²) in [4.78, 5) is 15.5. The van der Waals surface area contributed by atoms with Gasteiger partial charge >= 0.3 is 0 Å². The smallest absolute Gasteiger partial charge is 0.264 e. The van der Waals surface area contributed by atoms with Gasteiger partial charge in [0, 0.05) is 31.7 Å². The van der Waals surface area contributed by atoms with Crippen LogP contribution < -0.4 is 14.4 Å². The Morgan fingerprint density at radius 3 is 2.58 bits per heavy atom. The molecule has 0 radical (unpaired) electrons. The molecule has 9 heteroatoms. The summed E-state index contributed by atoms with van der Waals surface area (Å²) in [6, 6.07) is 11.9. The van der Waals surface area contributed by atoms with E-state index in [0.717, 1.165) is 18.7 Å². The van der Waals surface area contributed by atoms with E-state index in [9.17, 15) is 13.2 Å². The number of nitrogens with zero attached hydrogens (tertiary/aromatic N) is 2. The van der Waals surface area contributed by atoms with Gasteiger partial charge in [-0.05, 0) is 50.1 Å². The molecule has 0 aromatic heterocycles. The molecule has 178 valence electrons. The number of rotatable bonds is 7. The van der Waals surface area contributed by atoms with Crippen LogP contribution in [0.25, 0.3) is 0 Å². The number of carbonyl (C=O) groups is 1. The van der Waals surface area contributed by atoms with E-state index in [-0.39, 0.29) is 21.9 Å². The van der Waals surface area contributed by atoms with Gasteiger partial charge in [0.05, 0.1) is 36.5 Å². The monoisotopic (exact) mass is 473 g/mol. The van der Waals surface area contributed by atoms with Gasteiger partial charge in [-0.15, -0.1) is 0 Å². The molecule has 8 nitrogen and oxygen atoms in total. The molecule has 0 bridgehead atoms. The zero-order valence-corrected chi connectivity index (χ0v) is 20.2. The number of benzene rings is 2. The average molecular weight is 474 g/mol. The molecule has 1 fully saturated rings. The zero-order valence-electron chi connectivity index (χ0n) is 19.3. The molecule has 2 heterocycles. The van der Waals surface area contributed by atoms with Gasteiger partial charge in [0.25, 0.3) is 15.9 Å². The van der Waals surface area contributed by atoms with Crippen molar-refractivity contribution in [3.8, 4) is 5.75 Å². The number of anilines is 1. The van der Waals surface area contributed by atoms with E-state index in [2.05, 4.69) is 24.1 Å². The summed E-state index contributed by atoms with van der Waals surface area (Å²) in [5, 5.41) is 2.97. The fourth-order valence-corrected chi connectivity index (χ4v) is 5.91. The molecular weight excluding hydrogens is 442 g/mol. The number of methoxy groups -OCH3 is 1. The Hall–Kier alpha value is -2.62. The molecule has 2 aromatic rings. The van der Waals surface area contributed by atoms with Gasteiger partial charge in [0.15, 0.2) is 0 Å². The molecule has 2 aliphatic rings. The van der Waals surface area contributed by atoms with E-state index in [0.29, 0.717) is 44.2 Å². The van der Waals surface area contributed by atoms with Gasteiger partial charge in [0.2, 0.25) is 0 Å². The van der Waals surface area contributed by atoms with Crippen molar-refractivity contribution in [3.05, 3.63) is 53.6 Å². The predicted octanol–water partition coefficient (Wildman–Crippen LogP) is 2.29. The molecular formula is C24H31N3O5S. The third kappa shape index (κ3) is 4.71. The maximum absolute atomic E-state index is 13.4. The number of ether oxygens (including phenoxy) is 2. The fourth-order valence-electron chi connectivity index (χ4n) is 4.38. The first-order chi connectivity index (χ1) is 15.7. The molecule has 0 aliphatic carbocycles. The Morgan fingerprint density at radius 2 is 1.85 bits per heavy atom. The van der Waals surface area contributed by atoms with Crippen molar-refractivity contribution in [1.82, 2.24) is 10.2 Å². The van der Waals surface area contributed by atoms with Gasteiger partial charge in [0.1, 0.15) is 5.75 Å². The van der Waals surface area contributed by atoms with Crippen LogP contribution >= 0.6 is 0 Å². The van der Waals surface area contributed by atoms with Crippen LogP contribution in [-0.2, 0) is 21.2 Å². The Labute approximate surface area is 195 Å². The van der Waals surface area contributed by atoms with Gasteiger partial charge in [-0.1, -0.05) is 18.2 Å². The number of hydrogen-bond acceptors (Lipinski definition) is 6. The maximum atomic E-state index is 13.4. The van der Waals surface area contributed by atoms with Crippen molar-refractivity contribution in [3.63, 3.8) is 0 Å². The van der Waals surface area contributed by atoms with Crippen LogP contribution in [0.5, 0.6) is 5.75 Å². The van der Waals surface area contributed by atoms with E-state index in [1.807, 2.05) is 24.3 Å². The Balaban J connectivity index is 1.56. The minimum atomic E-state index is -3.82. The van der Waals surface area contributed by atoms with Crippen molar-refractivity contribution in [2.24, 2.45) is 0 Å². The second-order valence-electron chi connectivity index (χ2n) is 8.91. The van der Waals surface area contributed by atoms with Crippen LogP contribution in [-0.4, -0.2) is 71.3 Å². The molecule has 2 aromatic carbocycles. The number of para-hydroxylation sites is 1. The number of hydrogen-bond donors (Lipinski definition) is 1. The Bertz CT molecular complexity index is 1130. The maximum Gasteiger partial charge on any atom is 0.264 e. The number of nitrogens with one attached hydrogen (secondary N) is 1. The summed E-state index contributed by atoms with van der Waals surface area (Å²) in [6.45, 7) is 7.88. The second-order valence-corrected chi connectivity index (χ2v) is 10.8. The number of morpholine rings is 1. The lowest BCUT2D eigenvalue weighted by Crippen LogP contribution is -2.55. The van der Waals surface area contributed by atoms with E-state index >= 15 is 0 Å².